The molecule has 0 aliphatic carbocycles. The number of halogens is 2. The molecule has 0 spiro atoms. The summed E-state index contributed by atoms with van der Waals surface area (Å²) in [5, 5.41) is 5.74. The Hall–Kier alpha value is -1.60. The number of carbonyl (C=O) groups is 1. The average molecular weight is 439 g/mol. The van der Waals surface area contributed by atoms with Crippen molar-refractivity contribution < 1.29 is 9.53 Å². The number of aromatic nitrogens is 2. The highest BCUT2D eigenvalue weighted by Crippen LogP contribution is 2.27. The summed E-state index contributed by atoms with van der Waals surface area (Å²) in [6, 6.07) is 5.34. The van der Waals surface area contributed by atoms with Crippen LogP contribution in [0.2, 0.25) is 10.0 Å². The summed E-state index contributed by atoms with van der Waals surface area (Å²) in [5.41, 5.74) is 3.50. The van der Waals surface area contributed by atoms with Crippen molar-refractivity contribution in [1.29, 1.82) is 0 Å². The van der Waals surface area contributed by atoms with E-state index in [1.165, 1.54) is 0 Å². The third-order valence-electron chi connectivity index (χ3n) is 5.46. The fourth-order valence-corrected chi connectivity index (χ4v) is 4.23. The normalized spacial score (nSPS) is 15.6. The number of nitrogens with zero attached hydrogens (tertiary/aromatic N) is 4. The smallest absolute Gasteiger partial charge is 0.227 e. The molecule has 2 aromatic rings. The molecule has 8 heteroatoms. The molecule has 0 N–H and O–H groups in total. The lowest BCUT2D eigenvalue weighted by Gasteiger charge is -2.22. The molecule has 0 bridgehead atoms. The second-order valence-corrected chi connectivity index (χ2v) is 8.25. The van der Waals surface area contributed by atoms with Gasteiger partial charge in [0.15, 0.2) is 0 Å². The van der Waals surface area contributed by atoms with Crippen LogP contribution < -0.4 is 0 Å². The van der Waals surface area contributed by atoms with E-state index in [-0.39, 0.29) is 5.91 Å². The van der Waals surface area contributed by atoms with Crippen LogP contribution in [0.5, 0.6) is 0 Å². The maximum Gasteiger partial charge on any atom is 0.227 e. The van der Waals surface area contributed by atoms with Gasteiger partial charge in [0.25, 0.3) is 0 Å². The second kappa shape index (κ2) is 9.94. The minimum absolute atomic E-state index is 0.145. The van der Waals surface area contributed by atoms with Gasteiger partial charge in [0.05, 0.1) is 29.4 Å². The van der Waals surface area contributed by atoms with Gasteiger partial charge in [-0.3, -0.25) is 9.69 Å². The molecule has 1 fully saturated rings. The van der Waals surface area contributed by atoms with Gasteiger partial charge < -0.3 is 9.64 Å². The first-order valence-corrected chi connectivity index (χ1v) is 10.7. The predicted octanol–water partition coefficient (Wildman–Crippen LogP) is 3.52. The van der Waals surface area contributed by atoms with E-state index in [1.807, 2.05) is 24.8 Å². The van der Waals surface area contributed by atoms with Crippen molar-refractivity contribution in [2.75, 3.05) is 46.4 Å². The predicted molar refractivity (Wildman–Crippen MR) is 116 cm³/mol. The first-order chi connectivity index (χ1) is 13.9. The molecule has 3 rings (SSSR count). The van der Waals surface area contributed by atoms with Gasteiger partial charge in [-0.2, -0.15) is 5.10 Å². The van der Waals surface area contributed by atoms with Crippen molar-refractivity contribution in [2.24, 2.45) is 0 Å². The van der Waals surface area contributed by atoms with Gasteiger partial charge in [-0.1, -0.05) is 23.2 Å². The van der Waals surface area contributed by atoms with Crippen molar-refractivity contribution >= 4 is 29.1 Å². The van der Waals surface area contributed by atoms with E-state index in [2.05, 4.69) is 10.00 Å². The van der Waals surface area contributed by atoms with Gasteiger partial charge in [-0.25, -0.2) is 4.68 Å². The van der Waals surface area contributed by atoms with Gasteiger partial charge in [0, 0.05) is 49.6 Å². The minimum Gasteiger partial charge on any atom is -0.383 e. The Balaban J connectivity index is 1.72. The van der Waals surface area contributed by atoms with Crippen LogP contribution >= 0.6 is 23.2 Å². The van der Waals surface area contributed by atoms with E-state index < -0.39 is 0 Å². The van der Waals surface area contributed by atoms with Crippen molar-refractivity contribution in [1.82, 2.24) is 19.6 Å². The van der Waals surface area contributed by atoms with Gasteiger partial charge in [-0.05, 0) is 45.0 Å². The monoisotopic (exact) mass is 438 g/mol. The van der Waals surface area contributed by atoms with Crippen LogP contribution in [0.15, 0.2) is 18.2 Å². The SMILES string of the molecule is COCCN1CCCN(C(=O)Cc2c(C)nn(-c3ccc(Cl)cc3Cl)c2C)CC1. The molecular weight excluding hydrogens is 411 g/mol. The molecule has 1 aliphatic rings. The van der Waals surface area contributed by atoms with E-state index in [1.54, 1.807) is 23.9 Å². The maximum absolute atomic E-state index is 13.0. The molecule has 1 amide bonds. The molecule has 2 heterocycles. The molecule has 1 aromatic carbocycles. The zero-order chi connectivity index (χ0) is 21.0. The number of methoxy groups -OCH3 is 1. The molecule has 0 atom stereocenters. The summed E-state index contributed by atoms with van der Waals surface area (Å²) < 4.78 is 6.97. The van der Waals surface area contributed by atoms with Crippen LogP contribution in [-0.4, -0.2) is 71.9 Å². The second-order valence-electron chi connectivity index (χ2n) is 7.40. The Morgan fingerprint density at radius 1 is 1.17 bits per heavy atom. The Labute approximate surface area is 182 Å². The summed E-state index contributed by atoms with van der Waals surface area (Å²) in [4.78, 5) is 17.3. The van der Waals surface area contributed by atoms with Crippen molar-refractivity contribution in [3.8, 4) is 5.69 Å². The van der Waals surface area contributed by atoms with Crippen molar-refractivity contribution in [3.05, 3.63) is 45.2 Å². The fraction of sp³-hybridized carbons (Fsp3) is 0.524. The number of amides is 1. The number of carbonyl (C=O) groups excluding carboxylic acids is 1. The van der Waals surface area contributed by atoms with Crippen LogP contribution in [0.4, 0.5) is 0 Å². The van der Waals surface area contributed by atoms with Gasteiger partial charge in [0.1, 0.15) is 0 Å². The highest BCUT2D eigenvalue weighted by molar-refractivity contribution is 6.35. The van der Waals surface area contributed by atoms with E-state index in [9.17, 15) is 4.79 Å². The Morgan fingerprint density at radius 2 is 1.97 bits per heavy atom. The Morgan fingerprint density at radius 3 is 2.69 bits per heavy atom. The summed E-state index contributed by atoms with van der Waals surface area (Å²) in [7, 11) is 1.72. The summed E-state index contributed by atoms with van der Waals surface area (Å²) >= 11 is 12.4. The molecular formula is C21H28Cl2N4O2. The Kier molecular flexibility index (Phi) is 7.57. The zero-order valence-electron chi connectivity index (χ0n) is 17.3. The number of rotatable bonds is 6. The van der Waals surface area contributed by atoms with Crippen molar-refractivity contribution in [3.63, 3.8) is 0 Å². The standard InChI is InChI=1S/C21H28Cl2N4O2/c1-15-18(16(2)27(24-15)20-6-5-17(22)13-19(20)23)14-21(28)26-8-4-7-25(9-10-26)11-12-29-3/h5-6,13H,4,7-12,14H2,1-3H3. The highest BCUT2D eigenvalue weighted by Gasteiger charge is 2.23. The maximum atomic E-state index is 13.0. The fourth-order valence-electron chi connectivity index (χ4n) is 3.75. The van der Waals surface area contributed by atoms with Gasteiger partial charge in [0.2, 0.25) is 5.91 Å². The van der Waals surface area contributed by atoms with Crippen LogP contribution in [-0.2, 0) is 16.0 Å². The van der Waals surface area contributed by atoms with Crippen LogP contribution in [0.25, 0.3) is 5.69 Å². The lowest BCUT2D eigenvalue weighted by molar-refractivity contribution is -0.130. The van der Waals surface area contributed by atoms with Gasteiger partial charge >= 0.3 is 0 Å². The van der Waals surface area contributed by atoms with E-state index >= 15 is 0 Å². The molecule has 1 saturated heterocycles. The Bertz CT molecular complexity index is 869. The van der Waals surface area contributed by atoms with Crippen LogP contribution in [0.3, 0.4) is 0 Å². The lowest BCUT2D eigenvalue weighted by Crippen LogP contribution is -2.37. The molecule has 0 radical (unpaired) electrons. The third kappa shape index (κ3) is 5.31. The molecule has 158 valence electrons. The van der Waals surface area contributed by atoms with E-state index in [4.69, 9.17) is 27.9 Å². The van der Waals surface area contributed by atoms with Crippen LogP contribution in [0.1, 0.15) is 23.4 Å². The molecule has 0 unspecified atom stereocenters. The molecule has 1 aromatic heterocycles. The number of aryl methyl sites for hydroxylation is 1. The zero-order valence-corrected chi connectivity index (χ0v) is 18.8. The summed E-state index contributed by atoms with van der Waals surface area (Å²) in [6.45, 7) is 8.96. The summed E-state index contributed by atoms with van der Waals surface area (Å²) in [6.07, 6.45) is 1.33. The van der Waals surface area contributed by atoms with Crippen molar-refractivity contribution in [2.45, 2.75) is 26.7 Å². The first-order valence-electron chi connectivity index (χ1n) is 9.90. The molecule has 6 nitrogen and oxygen atoms in total. The average Bonchev–Trinajstić information content (AvgIpc) is 2.87. The number of hydrogen-bond donors (Lipinski definition) is 0. The van der Waals surface area contributed by atoms with E-state index in [0.29, 0.717) is 16.5 Å². The van der Waals surface area contributed by atoms with Crippen LogP contribution in [0, 0.1) is 13.8 Å². The number of benzene rings is 1. The first kappa shape index (κ1) is 22.1. The third-order valence-corrected chi connectivity index (χ3v) is 6.00. The molecule has 29 heavy (non-hydrogen) atoms. The topological polar surface area (TPSA) is 50.6 Å². The number of hydrogen-bond acceptors (Lipinski definition) is 4. The molecule has 1 aliphatic heterocycles. The minimum atomic E-state index is 0.145. The highest BCUT2D eigenvalue weighted by atomic mass is 35.5. The lowest BCUT2D eigenvalue weighted by atomic mass is 10.1. The summed E-state index contributed by atoms with van der Waals surface area (Å²) in [5.74, 6) is 0.145. The van der Waals surface area contributed by atoms with E-state index in [0.717, 1.165) is 68.4 Å². The quantitative estimate of drug-likeness (QED) is 0.691. The number of ether oxygens (including phenoxy) is 1. The molecule has 0 saturated carbocycles. The largest absolute Gasteiger partial charge is 0.383 e. The van der Waals surface area contributed by atoms with Gasteiger partial charge in [-0.15, -0.1) is 0 Å².